The van der Waals surface area contributed by atoms with Gasteiger partial charge in [-0.1, -0.05) is 12.1 Å². The summed E-state index contributed by atoms with van der Waals surface area (Å²) in [6.07, 6.45) is -1.67. The molecule has 1 saturated heterocycles. The van der Waals surface area contributed by atoms with Crippen molar-refractivity contribution in [1.29, 1.82) is 0 Å². The second kappa shape index (κ2) is 8.66. The number of hydrogen-bond acceptors (Lipinski definition) is 8. The third-order valence-corrected chi connectivity index (χ3v) is 5.44. The van der Waals surface area contributed by atoms with E-state index in [2.05, 4.69) is 4.98 Å². The molecule has 0 radical (unpaired) electrons. The molecule has 1 unspecified atom stereocenters. The molecule has 0 bridgehead atoms. The standard InChI is InChI=1S/C18H21N2O9P/c1-10-8-20(18(24)19-17(10)23)16-7-14(22)15(28-16)9-27-30(25,26)29-13-5-3-4-12(6-13)11(2)21/h3-6,8,14-16,22H,7,9H2,1-2H3,(H,25,26)(H,19,23,24)/t14-,15+,16+/m0/s1. The quantitative estimate of drug-likeness (QED) is 0.420. The molecule has 11 nitrogen and oxygen atoms in total. The van der Waals surface area contributed by atoms with Gasteiger partial charge in [-0.3, -0.25) is 28.6 Å². The maximum absolute atomic E-state index is 12.2. The molecular formula is C18H21N2O9P. The van der Waals surface area contributed by atoms with Crippen LogP contribution in [0, 0.1) is 6.92 Å². The van der Waals surface area contributed by atoms with Gasteiger partial charge in [0, 0.05) is 23.7 Å². The molecule has 30 heavy (non-hydrogen) atoms. The van der Waals surface area contributed by atoms with Gasteiger partial charge in [0.2, 0.25) is 0 Å². The Hall–Kier alpha value is -2.56. The van der Waals surface area contributed by atoms with Crippen molar-refractivity contribution in [2.24, 2.45) is 0 Å². The highest BCUT2D eigenvalue weighted by Crippen LogP contribution is 2.45. The number of aliphatic hydroxyl groups is 1. The fourth-order valence-electron chi connectivity index (χ4n) is 2.94. The molecular weight excluding hydrogens is 419 g/mol. The molecule has 0 spiro atoms. The molecule has 0 amide bonds. The zero-order valence-corrected chi connectivity index (χ0v) is 17.1. The third kappa shape index (κ3) is 5.13. The summed E-state index contributed by atoms with van der Waals surface area (Å²) >= 11 is 0. The Morgan fingerprint density at radius 3 is 2.83 bits per heavy atom. The van der Waals surface area contributed by atoms with E-state index >= 15 is 0 Å². The number of aryl methyl sites for hydroxylation is 1. The second-order valence-corrected chi connectivity index (χ2v) is 8.23. The van der Waals surface area contributed by atoms with Gasteiger partial charge in [0.1, 0.15) is 18.1 Å². The van der Waals surface area contributed by atoms with E-state index in [0.717, 1.165) is 4.57 Å². The molecule has 4 atom stereocenters. The number of H-pyrrole nitrogens is 1. The molecule has 3 N–H and O–H groups in total. The molecule has 2 heterocycles. The number of ether oxygens (including phenoxy) is 1. The first-order valence-corrected chi connectivity index (χ1v) is 10.5. The number of carbonyl (C=O) groups excluding carboxylic acids is 1. The number of ketones is 1. The van der Waals surface area contributed by atoms with Gasteiger partial charge >= 0.3 is 13.5 Å². The molecule has 0 aliphatic carbocycles. The molecule has 162 valence electrons. The van der Waals surface area contributed by atoms with Crippen LogP contribution in [0.5, 0.6) is 5.75 Å². The van der Waals surface area contributed by atoms with Gasteiger partial charge in [-0.2, -0.15) is 0 Å². The highest BCUT2D eigenvalue weighted by Gasteiger charge is 2.38. The van der Waals surface area contributed by atoms with Gasteiger partial charge < -0.3 is 14.4 Å². The average molecular weight is 440 g/mol. The summed E-state index contributed by atoms with van der Waals surface area (Å²) < 4.78 is 28.8. The van der Waals surface area contributed by atoms with Gasteiger partial charge in [0.25, 0.3) is 5.56 Å². The Morgan fingerprint density at radius 1 is 1.40 bits per heavy atom. The molecule has 1 aromatic heterocycles. The van der Waals surface area contributed by atoms with Crippen LogP contribution in [0.2, 0.25) is 0 Å². The van der Waals surface area contributed by atoms with Crippen LogP contribution in [0.4, 0.5) is 0 Å². The number of Topliss-reactive ketones (excluding diaryl/α,β-unsaturated/α-hetero) is 1. The number of hydrogen-bond donors (Lipinski definition) is 3. The molecule has 3 rings (SSSR count). The number of aromatic nitrogens is 2. The smallest absolute Gasteiger partial charge is 0.404 e. The number of nitrogens with zero attached hydrogens (tertiary/aromatic N) is 1. The van der Waals surface area contributed by atoms with Crippen LogP contribution in [-0.2, 0) is 13.8 Å². The number of rotatable bonds is 7. The number of benzene rings is 1. The van der Waals surface area contributed by atoms with Gasteiger partial charge in [-0.15, -0.1) is 0 Å². The number of phosphoric acid groups is 1. The summed E-state index contributed by atoms with van der Waals surface area (Å²) in [7, 11) is -4.58. The van der Waals surface area contributed by atoms with E-state index < -0.39 is 44.1 Å². The Balaban J connectivity index is 1.64. The van der Waals surface area contributed by atoms with Crippen molar-refractivity contribution < 1.29 is 33.1 Å². The summed E-state index contributed by atoms with van der Waals surface area (Å²) in [4.78, 5) is 46.9. The van der Waals surface area contributed by atoms with Crippen LogP contribution in [-0.4, -0.2) is 44.1 Å². The fourth-order valence-corrected chi connectivity index (χ4v) is 3.70. The minimum absolute atomic E-state index is 0.0106. The number of carbonyl (C=O) groups is 1. The van der Waals surface area contributed by atoms with E-state index in [4.69, 9.17) is 13.8 Å². The maximum Gasteiger partial charge on any atom is 0.527 e. The monoisotopic (exact) mass is 440 g/mol. The van der Waals surface area contributed by atoms with E-state index in [9.17, 15) is 28.9 Å². The lowest BCUT2D eigenvalue weighted by Crippen LogP contribution is -2.33. The largest absolute Gasteiger partial charge is 0.527 e. The fraction of sp³-hybridized carbons (Fsp3) is 0.389. The highest BCUT2D eigenvalue weighted by molar-refractivity contribution is 7.47. The predicted octanol–water partition coefficient (Wildman–Crippen LogP) is 0.892. The van der Waals surface area contributed by atoms with E-state index in [1.165, 1.54) is 44.3 Å². The molecule has 12 heteroatoms. The topological polar surface area (TPSA) is 157 Å². The predicted molar refractivity (Wildman–Crippen MR) is 103 cm³/mol. The van der Waals surface area contributed by atoms with Crippen LogP contribution in [0.25, 0.3) is 0 Å². The Morgan fingerprint density at radius 2 is 2.13 bits per heavy atom. The van der Waals surface area contributed by atoms with Crippen LogP contribution >= 0.6 is 7.82 Å². The first-order chi connectivity index (χ1) is 14.1. The van der Waals surface area contributed by atoms with Crippen LogP contribution < -0.4 is 15.8 Å². The zero-order chi connectivity index (χ0) is 22.1. The van der Waals surface area contributed by atoms with Crippen molar-refractivity contribution in [3.63, 3.8) is 0 Å². The second-order valence-electron chi connectivity index (χ2n) is 6.85. The Labute approximate surface area is 170 Å². The number of nitrogens with one attached hydrogen (secondary N) is 1. The highest BCUT2D eigenvalue weighted by atomic mass is 31.2. The normalized spacial score (nSPS) is 23.1. The van der Waals surface area contributed by atoms with Crippen molar-refractivity contribution >= 4 is 13.6 Å². The van der Waals surface area contributed by atoms with Crippen molar-refractivity contribution in [3.8, 4) is 5.75 Å². The minimum atomic E-state index is -4.58. The Bertz CT molecular complexity index is 1110. The van der Waals surface area contributed by atoms with Gasteiger partial charge in [-0.25, -0.2) is 9.36 Å². The van der Waals surface area contributed by atoms with E-state index in [0.29, 0.717) is 5.56 Å². The number of phosphoric ester groups is 1. The maximum atomic E-state index is 12.2. The molecule has 1 aliphatic heterocycles. The molecule has 1 aromatic carbocycles. The van der Waals surface area contributed by atoms with Gasteiger partial charge in [0.15, 0.2) is 5.78 Å². The summed E-state index contributed by atoms with van der Waals surface area (Å²) in [5.74, 6) is -0.273. The molecule has 1 aliphatic rings. The summed E-state index contributed by atoms with van der Waals surface area (Å²) in [6.45, 7) is 2.37. The summed E-state index contributed by atoms with van der Waals surface area (Å²) in [6, 6.07) is 5.71. The number of aromatic amines is 1. The first kappa shape index (κ1) is 22.1. The summed E-state index contributed by atoms with van der Waals surface area (Å²) in [5.41, 5.74) is -0.646. The van der Waals surface area contributed by atoms with Gasteiger partial charge in [-0.05, 0) is 26.0 Å². The molecule has 0 saturated carbocycles. The lowest BCUT2D eigenvalue weighted by atomic mass is 10.1. The van der Waals surface area contributed by atoms with Crippen molar-refractivity contribution in [2.75, 3.05) is 6.61 Å². The van der Waals surface area contributed by atoms with Gasteiger partial charge in [0.05, 0.1) is 12.7 Å². The first-order valence-electron chi connectivity index (χ1n) is 8.99. The molecule has 2 aromatic rings. The SMILES string of the molecule is CC(=O)c1cccc(OP(=O)(O)OC[C@H]2O[C@@H](n3cc(C)c(=O)[nH]c3=O)C[C@@H]2O)c1. The van der Waals surface area contributed by atoms with Crippen LogP contribution in [0.15, 0.2) is 40.1 Å². The lowest BCUT2D eigenvalue weighted by molar-refractivity contribution is -0.0447. The third-order valence-electron chi connectivity index (χ3n) is 4.52. The molecule has 1 fully saturated rings. The summed E-state index contributed by atoms with van der Waals surface area (Å²) in [5, 5.41) is 10.2. The van der Waals surface area contributed by atoms with Crippen molar-refractivity contribution in [1.82, 2.24) is 9.55 Å². The van der Waals surface area contributed by atoms with E-state index in [1.54, 1.807) is 0 Å². The average Bonchev–Trinajstić information content (AvgIpc) is 3.03. The lowest BCUT2D eigenvalue weighted by Gasteiger charge is -2.18. The Kier molecular flexibility index (Phi) is 6.39. The minimum Gasteiger partial charge on any atom is -0.404 e. The van der Waals surface area contributed by atoms with Crippen molar-refractivity contribution in [2.45, 2.75) is 38.7 Å². The number of aliphatic hydroxyl groups excluding tert-OH is 1. The van der Waals surface area contributed by atoms with Crippen LogP contribution in [0.3, 0.4) is 0 Å². The van der Waals surface area contributed by atoms with Crippen LogP contribution in [0.1, 0.15) is 35.5 Å². The van der Waals surface area contributed by atoms with E-state index in [-0.39, 0.29) is 23.5 Å². The van der Waals surface area contributed by atoms with Crippen molar-refractivity contribution in [3.05, 3.63) is 62.4 Å². The van der Waals surface area contributed by atoms with E-state index in [1.807, 2.05) is 0 Å². The zero-order valence-electron chi connectivity index (χ0n) is 16.2.